The lowest BCUT2D eigenvalue weighted by molar-refractivity contribution is 0.0696. The summed E-state index contributed by atoms with van der Waals surface area (Å²) in [6, 6.07) is 5.79. The molecule has 0 unspecified atom stereocenters. The molecule has 98 valence electrons. The van der Waals surface area contributed by atoms with Crippen LogP contribution in [0.15, 0.2) is 30.5 Å². The van der Waals surface area contributed by atoms with Gasteiger partial charge in [0.25, 0.3) is 0 Å². The number of carbonyl (C=O) groups is 1. The molecule has 1 aromatic carbocycles. The Bertz CT molecular complexity index is 647. The molecule has 0 aliphatic rings. The van der Waals surface area contributed by atoms with Crippen LogP contribution in [0.5, 0.6) is 0 Å². The third kappa shape index (κ3) is 3.00. The highest BCUT2D eigenvalue weighted by atomic mass is 35.5. The Kier molecular flexibility index (Phi) is 3.66. The van der Waals surface area contributed by atoms with Crippen LogP contribution in [0.1, 0.15) is 15.9 Å². The Morgan fingerprint density at radius 1 is 1.42 bits per heavy atom. The number of aryl methyl sites for hydroxylation is 1. The topological polar surface area (TPSA) is 62.2 Å². The van der Waals surface area contributed by atoms with E-state index in [1.54, 1.807) is 19.1 Å². The van der Waals surface area contributed by atoms with Gasteiger partial charge in [0.15, 0.2) is 0 Å². The summed E-state index contributed by atoms with van der Waals surface area (Å²) < 4.78 is 13.1. The maximum Gasteiger partial charge on any atom is 0.337 e. The molecule has 0 aliphatic heterocycles. The third-order valence-electron chi connectivity index (χ3n) is 2.51. The number of nitrogens with one attached hydrogen (secondary N) is 1. The maximum absolute atomic E-state index is 13.1. The minimum atomic E-state index is -1.10. The smallest absolute Gasteiger partial charge is 0.337 e. The van der Waals surface area contributed by atoms with Crippen LogP contribution in [0.3, 0.4) is 0 Å². The Balaban J connectivity index is 2.28. The third-order valence-corrected chi connectivity index (χ3v) is 2.80. The van der Waals surface area contributed by atoms with Crippen molar-refractivity contribution in [3.8, 4) is 0 Å². The van der Waals surface area contributed by atoms with E-state index in [1.807, 2.05) is 0 Å². The Morgan fingerprint density at radius 2 is 2.16 bits per heavy atom. The van der Waals surface area contributed by atoms with Crippen molar-refractivity contribution in [2.75, 3.05) is 5.32 Å². The van der Waals surface area contributed by atoms with E-state index in [-0.39, 0.29) is 16.4 Å². The largest absolute Gasteiger partial charge is 0.478 e. The first-order valence-corrected chi connectivity index (χ1v) is 5.77. The van der Waals surface area contributed by atoms with Gasteiger partial charge >= 0.3 is 5.97 Å². The number of benzene rings is 1. The van der Waals surface area contributed by atoms with Gasteiger partial charge in [-0.1, -0.05) is 11.6 Å². The standard InChI is InChI=1S/C13H10ClFN2O2/c1-7-4-9(2-3-11(7)15)17-12-10(14)5-8(6-16-12)13(18)19/h2-6H,1H3,(H,16,17)(H,18,19). The zero-order valence-corrected chi connectivity index (χ0v) is 10.7. The lowest BCUT2D eigenvalue weighted by Gasteiger charge is -2.09. The van der Waals surface area contributed by atoms with Gasteiger partial charge in [-0.25, -0.2) is 14.2 Å². The molecule has 0 saturated heterocycles. The van der Waals surface area contributed by atoms with Crippen LogP contribution in [-0.4, -0.2) is 16.1 Å². The van der Waals surface area contributed by atoms with E-state index in [0.717, 1.165) is 0 Å². The number of halogens is 2. The minimum absolute atomic E-state index is 0.00540. The second kappa shape index (κ2) is 5.24. The van der Waals surface area contributed by atoms with Crippen LogP contribution >= 0.6 is 11.6 Å². The lowest BCUT2D eigenvalue weighted by atomic mass is 10.2. The van der Waals surface area contributed by atoms with Gasteiger partial charge in [0.1, 0.15) is 11.6 Å². The summed E-state index contributed by atoms with van der Waals surface area (Å²) >= 11 is 5.93. The number of aromatic carboxylic acids is 1. The van der Waals surface area contributed by atoms with Gasteiger partial charge in [0, 0.05) is 11.9 Å². The molecular formula is C13H10ClFN2O2. The van der Waals surface area contributed by atoms with Gasteiger partial charge in [-0.3, -0.25) is 0 Å². The Hall–Kier alpha value is -2.14. The molecule has 0 radical (unpaired) electrons. The number of hydrogen-bond donors (Lipinski definition) is 2. The second-order valence-electron chi connectivity index (χ2n) is 3.95. The molecule has 0 fully saturated rings. The van der Waals surface area contributed by atoms with Crippen molar-refractivity contribution in [1.29, 1.82) is 0 Å². The first-order chi connectivity index (χ1) is 8.97. The first-order valence-electron chi connectivity index (χ1n) is 5.39. The van der Waals surface area contributed by atoms with E-state index in [4.69, 9.17) is 16.7 Å². The molecule has 4 nitrogen and oxygen atoms in total. The van der Waals surface area contributed by atoms with Gasteiger partial charge in [-0.15, -0.1) is 0 Å². The number of rotatable bonds is 3. The average molecular weight is 281 g/mol. The predicted octanol–water partition coefficient (Wildman–Crippen LogP) is 3.62. The Morgan fingerprint density at radius 3 is 2.74 bits per heavy atom. The molecule has 0 atom stereocenters. The molecule has 0 amide bonds. The highest BCUT2D eigenvalue weighted by Gasteiger charge is 2.09. The van der Waals surface area contributed by atoms with Gasteiger partial charge in [0.05, 0.1) is 10.6 Å². The number of nitrogens with zero attached hydrogens (tertiary/aromatic N) is 1. The molecule has 2 rings (SSSR count). The van der Waals surface area contributed by atoms with Crippen molar-refractivity contribution in [1.82, 2.24) is 4.98 Å². The van der Waals surface area contributed by atoms with Crippen molar-refractivity contribution in [2.45, 2.75) is 6.92 Å². The number of carboxylic acids is 1. The number of hydrogen-bond acceptors (Lipinski definition) is 3. The van der Waals surface area contributed by atoms with E-state index in [2.05, 4.69) is 10.3 Å². The van der Waals surface area contributed by atoms with Crippen LogP contribution in [0.2, 0.25) is 5.02 Å². The second-order valence-corrected chi connectivity index (χ2v) is 4.36. The van der Waals surface area contributed by atoms with Crippen molar-refractivity contribution in [2.24, 2.45) is 0 Å². The fraction of sp³-hybridized carbons (Fsp3) is 0.0769. The number of anilines is 2. The number of aromatic nitrogens is 1. The molecule has 0 bridgehead atoms. The summed E-state index contributed by atoms with van der Waals surface area (Å²) in [6.07, 6.45) is 1.20. The molecule has 0 spiro atoms. The summed E-state index contributed by atoms with van der Waals surface area (Å²) in [5, 5.41) is 11.9. The number of carboxylic acid groups (broad SMARTS) is 1. The van der Waals surface area contributed by atoms with E-state index in [0.29, 0.717) is 17.1 Å². The summed E-state index contributed by atoms with van der Waals surface area (Å²) in [4.78, 5) is 14.7. The molecule has 2 N–H and O–H groups in total. The van der Waals surface area contributed by atoms with Crippen LogP contribution in [0.25, 0.3) is 0 Å². The molecule has 0 aliphatic carbocycles. The lowest BCUT2D eigenvalue weighted by Crippen LogP contribution is -2.00. The summed E-state index contributed by atoms with van der Waals surface area (Å²) in [5.41, 5.74) is 1.12. The molecule has 1 aromatic heterocycles. The maximum atomic E-state index is 13.1. The molecular weight excluding hydrogens is 271 g/mol. The SMILES string of the molecule is Cc1cc(Nc2ncc(C(=O)O)cc2Cl)ccc1F. The van der Waals surface area contributed by atoms with Crippen LogP contribution < -0.4 is 5.32 Å². The zero-order chi connectivity index (χ0) is 14.0. The summed E-state index contributed by atoms with van der Waals surface area (Å²) in [7, 11) is 0. The molecule has 2 aromatic rings. The van der Waals surface area contributed by atoms with E-state index in [9.17, 15) is 9.18 Å². The zero-order valence-electron chi connectivity index (χ0n) is 9.95. The number of pyridine rings is 1. The quantitative estimate of drug-likeness (QED) is 0.901. The first kappa shape index (κ1) is 13.3. The highest BCUT2D eigenvalue weighted by molar-refractivity contribution is 6.33. The van der Waals surface area contributed by atoms with Crippen LogP contribution in [0.4, 0.5) is 15.9 Å². The van der Waals surface area contributed by atoms with Gasteiger partial charge in [-0.2, -0.15) is 0 Å². The van der Waals surface area contributed by atoms with E-state index in [1.165, 1.54) is 18.3 Å². The average Bonchev–Trinajstić information content (AvgIpc) is 2.36. The van der Waals surface area contributed by atoms with Crippen molar-refractivity contribution in [3.05, 3.63) is 52.4 Å². The minimum Gasteiger partial charge on any atom is -0.478 e. The van der Waals surface area contributed by atoms with Crippen molar-refractivity contribution < 1.29 is 14.3 Å². The predicted molar refractivity (Wildman–Crippen MR) is 70.6 cm³/mol. The van der Waals surface area contributed by atoms with Gasteiger partial charge < -0.3 is 10.4 Å². The fourth-order valence-electron chi connectivity index (χ4n) is 1.51. The summed E-state index contributed by atoms with van der Waals surface area (Å²) in [6.45, 7) is 1.64. The highest BCUT2D eigenvalue weighted by Crippen LogP contribution is 2.25. The van der Waals surface area contributed by atoms with Crippen LogP contribution in [0, 0.1) is 12.7 Å². The van der Waals surface area contributed by atoms with Gasteiger partial charge in [-0.05, 0) is 36.8 Å². The normalized spacial score (nSPS) is 10.3. The van der Waals surface area contributed by atoms with Crippen LogP contribution in [-0.2, 0) is 0 Å². The van der Waals surface area contributed by atoms with E-state index < -0.39 is 5.97 Å². The van der Waals surface area contributed by atoms with Crippen molar-refractivity contribution >= 4 is 29.1 Å². The van der Waals surface area contributed by atoms with Crippen molar-refractivity contribution in [3.63, 3.8) is 0 Å². The fourth-order valence-corrected chi connectivity index (χ4v) is 1.72. The van der Waals surface area contributed by atoms with E-state index >= 15 is 0 Å². The molecule has 1 heterocycles. The molecule has 6 heteroatoms. The summed E-state index contributed by atoms with van der Waals surface area (Å²) in [5.74, 6) is -1.08. The van der Waals surface area contributed by atoms with Gasteiger partial charge in [0.2, 0.25) is 0 Å². The Labute approximate surface area is 113 Å². The monoisotopic (exact) mass is 280 g/mol. The molecule has 19 heavy (non-hydrogen) atoms. The molecule has 0 saturated carbocycles.